The smallest absolute Gasteiger partial charge is 0.343 e. The van der Waals surface area contributed by atoms with Gasteiger partial charge >= 0.3 is 11.6 Å². The normalized spacial score (nSPS) is 13.9. The summed E-state index contributed by atoms with van der Waals surface area (Å²) in [5, 5.41) is 31.1. The summed E-state index contributed by atoms with van der Waals surface area (Å²) in [6.45, 7) is 4.10. The van der Waals surface area contributed by atoms with Crippen LogP contribution in [0.1, 0.15) is 55.7 Å². The van der Waals surface area contributed by atoms with E-state index in [1.807, 2.05) is 44.2 Å². The lowest BCUT2D eigenvalue weighted by atomic mass is 9.82. The van der Waals surface area contributed by atoms with Crippen molar-refractivity contribution in [3.63, 3.8) is 0 Å². The summed E-state index contributed by atoms with van der Waals surface area (Å²) in [4.78, 5) is 24.2. The number of hydrogen-bond acceptors (Lipinski definition) is 5. The predicted octanol–water partition coefficient (Wildman–Crippen LogP) is 5.15. The van der Waals surface area contributed by atoms with Crippen LogP contribution in [-0.2, 0) is 17.6 Å². The molecule has 1 heterocycles. The number of hydrogen-bond donors (Lipinski definition) is 3. The van der Waals surface area contributed by atoms with Crippen LogP contribution in [0.25, 0.3) is 11.3 Å². The first-order chi connectivity index (χ1) is 16.3. The van der Waals surface area contributed by atoms with Crippen molar-refractivity contribution in [2.75, 3.05) is 0 Å². The SMILES string of the molecule is CCC(C)CC(c1c(O)cc(-c2ccccc2CCC(=O)O)oc1=O)C(O)Cc1ccccc1. The molecule has 0 spiro atoms. The Hall–Kier alpha value is -3.38. The lowest BCUT2D eigenvalue weighted by molar-refractivity contribution is -0.136. The highest BCUT2D eigenvalue weighted by Crippen LogP contribution is 2.36. The number of aromatic hydroxyl groups is 1. The molecule has 0 bridgehead atoms. The van der Waals surface area contributed by atoms with Crippen molar-refractivity contribution >= 4 is 5.97 Å². The van der Waals surface area contributed by atoms with E-state index < -0.39 is 23.6 Å². The van der Waals surface area contributed by atoms with Crippen molar-refractivity contribution in [3.05, 3.63) is 87.8 Å². The van der Waals surface area contributed by atoms with Gasteiger partial charge in [-0.3, -0.25) is 4.79 Å². The Balaban J connectivity index is 1.99. The van der Waals surface area contributed by atoms with Crippen molar-refractivity contribution < 1.29 is 24.5 Å². The molecule has 3 aromatic rings. The molecule has 34 heavy (non-hydrogen) atoms. The van der Waals surface area contributed by atoms with Crippen LogP contribution in [0.4, 0.5) is 0 Å². The molecule has 1 aromatic heterocycles. The molecule has 3 atom stereocenters. The van der Waals surface area contributed by atoms with Crippen LogP contribution in [-0.4, -0.2) is 27.4 Å². The number of carbonyl (C=O) groups is 1. The molecule has 6 nitrogen and oxygen atoms in total. The highest BCUT2D eigenvalue weighted by Gasteiger charge is 2.30. The monoisotopic (exact) mass is 464 g/mol. The number of rotatable bonds is 11. The van der Waals surface area contributed by atoms with Gasteiger partial charge in [-0.05, 0) is 36.3 Å². The molecular formula is C28H32O6. The van der Waals surface area contributed by atoms with Gasteiger partial charge in [-0.15, -0.1) is 0 Å². The van der Waals surface area contributed by atoms with Gasteiger partial charge in [-0.2, -0.15) is 0 Å². The van der Waals surface area contributed by atoms with E-state index in [2.05, 4.69) is 0 Å². The van der Waals surface area contributed by atoms with Crippen LogP contribution in [0, 0.1) is 5.92 Å². The van der Waals surface area contributed by atoms with Crippen LogP contribution in [0.5, 0.6) is 5.75 Å². The molecule has 0 saturated heterocycles. The second kappa shape index (κ2) is 11.7. The van der Waals surface area contributed by atoms with E-state index in [0.29, 0.717) is 24.0 Å². The quantitative estimate of drug-likeness (QED) is 0.362. The first-order valence-electron chi connectivity index (χ1n) is 11.7. The zero-order valence-corrected chi connectivity index (χ0v) is 19.6. The Kier molecular flexibility index (Phi) is 8.66. The first kappa shape index (κ1) is 25.2. The molecular weight excluding hydrogens is 432 g/mol. The van der Waals surface area contributed by atoms with Crippen molar-refractivity contribution in [1.29, 1.82) is 0 Å². The Morgan fingerprint density at radius 3 is 2.38 bits per heavy atom. The zero-order valence-electron chi connectivity index (χ0n) is 19.6. The fourth-order valence-corrected chi connectivity index (χ4v) is 4.25. The van der Waals surface area contributed by atoms with Gasteiger partial charge in [0.25, 0.3) is 0 Å². The maximum Gasteiger partial charge on any atom is 0.343 e. The predicted molar refractivity (Wildman–Crippen MR) is 131 cm³/mol. The second-order valence-electron chi connectivity index (χ2n) is 8.86. The maximum atomic E-state index is 13.1. The zero-order chi connectivity index (χ0) is 24.7. The average molecular weight is 465 g/mol. The average Bonchev–Trinajstić information content (AvgIpc) is 2.82. The Morgan fingerprint density at radius 1 is 1.06 bits per heavy atom. The Bertz CT molecular complexity index is 1150. The van der Waals surface area contributed by atoms with Crippen molar-refractivity contribution in [2.45, 2.75) is 58.0 Å². The lowest BCUT2D eigenvalue weighted by Gasteiger charge is -2.26. The highest BCUT2D eigenvalue weighted by atomic mass is 16.4. The van der Waals surface area contributed by atoms with Gasteiger partial charge < -0.3 is 19.7 Å². The van der Waals surface area contributed by atoms with E-state index in [1.165, 1.54) is 6.07 Å². The molecule has 2 aromatic carbocycles. The summed E-state index contributed by atoms with van der Waals surface area (Å²) in [6.07, 6.45) is 1.07. The fourth-order valence-electron chi connectivity index (χ4n) is 4.25. The van der Waals surface area contributed by atoms with Crippen LogP contribution >= 0.6 is 0 Å². The minimum absolute atomic E-state index is 0.0615. The fraction of sp³-hybridized carbons (Fsp3) is 0.357. The number of aryl methyl sites for hydroxylation is 1. The van der Waals surface area contributed by atoms with Gasteiger partial charge in [-0.1, -0.05) is 74.9 Å². The summed E-state index contributed by atoms with van der Waals surface area (Å²) < 4.78 is 5.65. The van der Waals surface area contributed by atoms with Crippen LogP contribution in [0.2, 0.25) is 0 Å². The number of benzene rings is 2. The van der Waals surface area contributed by atoms with Gasteiger partial charge in [0.2, 0.25) is 0 Å². The summed E-state index contributed by atoms with van der Waals surface area (Å²) in [5.74, 6) is -1.34. The second-order valence-corrected chi connectivity index (χ2v) is 8.86. The van der Waals surface area contributed by atoms with E-state index in [1.54, 1.807) is 24.3 Å². The molecule has 0 radical (unpaired) electrons. The third-order valence-electron chi connectivity index (χ3n) is 6.33. The number of aliphatic hydroxyl groups excluding tert-OH is 1. The van der Waals surface area contributed by atoms with E-state index >= 15 is 0 Å². The highest BCUT2D eigenvalue weighted by molar-refractivity contribution is 5.69. The standard InChI is InChI=1S/C28H32O6/c1-3-18(2)15-22(23(29)16-19-9-5-4-6-10-19)27-24(30)17-25(34-28(27)33)21-12-8-7-11-20(21)13-14-26(31)32/h4-12,17-18,22-23,29-30H,3,13-16H2,1-2H3,(H,31,32). The van der Waals surface area contributed by atoms with Crippen molar-refractivity contribution in [1.82, 2.24) is 0 Å². The van der Waals surface area contributed by atoms with Gasteiger partial charge in [0.1, 0.15) is 11.5 Å². The summed E-state index contributed by atoms with van der Waals surface area (Å²) in [7, 11) is 0. The van der Waals surface area contributed by atoms with Gasteiger partial charge in [0, 0.05) is 24.0 Å². The molecule has 3 N–H and O–H groups in total. The Labute approximate surface area is 199 Å². The molecule has 0 aliphatic carbocycles. The van der Waals surface area contributed by atoms with Crippen molar-refractivity contribution in [3.8, 4) is 17.1 Å². The third kappa shape index (κ3) is 6.35. The van der Waals surface area contributed by atoms with E-state index in [0.717, 1.165) is 12.0 Å². The van der Waals surface area contributed by atoms with Gasteiger partial charge in [0.15, 0.2) is 0 Å². The topological polar surface area (TPSA) is 108 Å². The number of aliphatic hydroxyl groups is 1. The molecule has 0 aliphatic heterocycles. The minimum Gasteiger partial charge on any atom is -0.507 e. The maximum absolute atomic E-state index is 13.1. The largest absolute Gasteiger partial charge is 0.507 e. The molecule has 0 saturated carbocycles. The van der Waals surface area contributed by atoms with Crippen molar-refractivity contribution in [2.24, 2.45) is 5.92 Å². The van der Waals surface area contributed by atoms with E-state index in [-0.39, 0.29) is 35.8 Å². The van der Waals surface area contributed by atoms with E-state index in [9.17, 15) is 19.8 Å². The molecule has 3 unspecified atom stereocenters. The molecule has 0 aliphatic rings. The van der Waals surface area contributed by atoms with E-state index in [4.69, 9.17) is 9.52 Å². The number of aliphatic carboxylic acids is 1. The lowest BCUT2D eigenvalue weighted by Crippen LogP contribution is -2.27. The van der Waals surface area contributed by atoms with Crippen LogP contribution < -0.4 is 5.63 Å². The number of carboxylic acid groups (broad SMARTS) is 1. The Morgan fingerprint density at radius 2 is 1.74 bits per heavy atom. The molecule has 6 heteroatoms. The molecule has 0 amide bonds. The number of carboxylic acids is 1. The van der Waals surface area contributed by atoms with Crippen LogP contribution in [0.3, 0.4) is 0 Å². The third-order valence-corrected chi connectivity index (χ3v) is 6.33. The first-order valence-corrected chi connectivity index (χ1v) is 11.7. The van der Waals surface area contributed by atoms with Crippen LogP contribution in [0.15, 0.2) is 69.9 Å². The molecule has 0 fully saturated rings. The summed E-state index contributed by atoms with van der Waals surface area (Å²) in [6, 6.07) is 18.0. The minimum atomic E-state index is -0.922. The summed E-state index contributed by atoms with van der Waals surface area (Å²) in [5.41, 5.74) is 1.60. The van der Waals surface area contributed by atoms with Gasteiger partial charge in [-0.25, -0.2) is 4.79 Å². The molecule has 3 rings (SSSR count). The summed E-state index contributed by atoms with van der Waals surface area (Å²) >= 11 is 0. The van der Waals surface area contributed by atoms with Gasteiger partial charge in [0.05, 0.1) is 11.7 Å². The molecule has 180 valence electrons.